The van der Waals surface area contributed by atoms with E-state index in [4.69, 9.17) is 4.99 Å². The van der Waals surface area contributed by atoms with E-state index in [9.17, 15) is 9.59 Å². The number of anilines is 2. The number of carbonyl (C=O) groups excluding carboxylic acids is 2. The van der Waals surface area contributed by atoms with Gasteiger partial charge in [0.2, 0.25) is 11.8 Å². The molecule has 0 unspecified atom stereocenters. The largest absolute Gasteiger partial charge is 0.325 e. The van der Waals surface area contributed by atoms with Crippen molar-refractivity contribution >= 4 is 50.6 Å². The van der Waals surface area contributed by atoms with E-state index < -0.39 is 0 Å². The lowest BCUT2D eigenvalue weighted by atomic mass is 10.0. The molecule has 2 aromatic carbocycles. The fraction of sp³-hybridized carbons (Fsp3) is 0.200. The molecule has 1 aliphatic heterocycles. The summed E-state index contributed by atoms with van der Waals surface area (Å²) in [5, 5.41) is 2.87. The average molecular weight is 491 g/mol. The highest BCUT2D eigenvalue weighted by Gasteiger charge is 2.27. The van der Waals surface area contributed by atoms with Crippen molar-refractivity contribution in [1.82, 2.24) is 4.98 Å². The maximum absolute atomic E-state index is 13.2. The summed E-state index contributed by atoms with van der Waals surface area (Å²) in [6.07, 6.45) is 2.64. The number of carbonyl (C=O) groups is 2. The molecule has 2 amide bonds. The van der Waals surface area contributed by atoms with Crippen molar-refractivity contribution in [2.75, 3.05) is 16.8 Å². The maximum atomic E-state index is 13.2. The molecule has 0 atom stereocenters. The van der Waals surface area contributed by atoms with Gasteiger partial charge in [-0.15, -0.1) is 0 Å². The first-order valence-corrected chi connectivity index (χ1v) is 11.2. The number of aromatic nitrogens is 1. The maximum Gasteiger partial charge on any atom is 0.244 e. The SMILES string of the molecule is CCc1ccc(C2=Nc3cccnc3N(CC(=O)Nc3ccc(Br)c(C)c3)C(=O)C2)cc1. The van der Waals surface area contributed by atoms with Crippen molar-refractivity contribution in [3.8, 4) is 0 Å². The molecule has 0 saturated heterocycles. The van der Waals surface area contributed by atoms with E-state index in [1.54, 1.807) is 12.3 Å². The van der Waals surface area contributed by atoms with E-state index >= 15 is 0 Å². The number of hydrogen-bond donors (Lipinski definition) is 1. The summed E-state index contributed by atoms with van der Waals surface area (Å²) in [6, 6.07) is 17.2. The highest BCUT2D eigenvalue weighted by atomic mass is 79.9. The standard InChI is InChI=1S/C25H23BrN4O2/c1-3-17-6-8-18(9-7-17)22-14-24(32)30(25-21(29-22)5-4-12-27-25)15-23(31)28-19-10-11-20(26)16(2)13-19/h4-13H,3,14-15H2,1-2H3,(H,28,31). The topological polar surface area (TPSA) is 74.7 Å². The van der Waals surface area contributed by atoms with Crippen molar-refractivity contribution in [2.24, 2.45) is 4.99 Å². The third-order valence-electron chi connectivity index (χ3n) is 5.34. The van der Waals surface area contributed by atoms with Crippen LogP contribution in [0.1, 0.15) is 30.0 Å². The fourth-order valence-corrected chi connectivity index (χ4v) is 3.80. The summed E-state index contributed by atoms with van der Waals surface area (Å²) in [7, 11) is 0. The van der Waals surface area contributed by atoms with Crippen molar-refractivity contribution in [1.29, 1.82) is 0 Å². The second-order valence-corrected chi connectivity index (χ2v) is 8.48. The van der Waals surface area contributed by atoms with E-state index in [0.717, 1.165) is 22.0 Å². The summed E-state index contributed by atoms with van der Waals surface area (Å²) in [5.41, 5.74) is 5.03. The number of aryl methyl sites for hydroxylation is 2. The van der Waals surface area contributed by atoms with Crippen LogP contribution in [0.5, 0.6) is 0 Å². The minimum atomic E-state index is -0.299. The molecule has 0 aliphatic carbocycles. The Morgan fingerprint density at radius 3 is 2.66 bits per heavy atom. The first-order valence-electron chi connectivity index (χ1n) is 10.4. The van der Waals surface area contributed by atoms with Crippen LogP contribution in [-0.4, -0.2) is 29.1 Å². The third-order valence-corrected chi connectivity index (χ3v) is 6.23. The van der Waals surface area contributed by atoms with E-state index in [1.165, 1.54) is 10.5 Å². The van der Waals surface area contributed by atoms with Gasteiger partial charge in [0, 0.05) is 16.4 Å². The van der Waals surface area contributed by atoms with Crippen LogP contribution < -0.4 is 10.2 Å². The van der Waals surface area contributed by atoms with Gasteiger partial charge < -0.3 is 5.32 Å². The summed E-state index contributed by atoms with van der Waals surface area (Å²) >= 11 is 3.46. The minimum absolute atomic E-state index is 0.0898. The van der Waals surface area contributed by atoms with Crippen molar-refractivity contribution in [3.05, 3.63) is 82.0 Å². The smallest absolute Gasteiger partial charge is 0.244 e. The van der Waals surface area contributed by atoms with Gasteiger partial charge in [-0.25, -0.2) is 9.98 Å². The molecular formula is C25H23BrN4O2. The Morgan fingerprint density at radius 1 is 1.16 bits per heavy atom. The van der Waals surface area contributed by atoms with Crippen LogP contribution in [0, 0.1) is 6.92 Å². The Morgan fingerprint density at radius 2 is 1.94 bits per heavy atom. The molecular weight excluding hydrogens is 468 g/mol. The summed E-state index contributed by atoms with van der Waals surface area (Å²) in [4.78, 5) is 36.5. The molecule has 0 radical (unpaired) electrons. The predicted octanol–water partition coefficient (Wildman–Crippen LogP) is 5.21. The van der Waals surface area contributed by atoms with Gasteiger partial charge in [0.15, 0.2) is 5.82 Å². The van der Waals surface area contributed by atoms with Crippen LogP contribution in [0.4, 0.5) is 17.2 Å². The van der Waals surface area contributed by atoms with Crippen LogP contribution in [-0.2, 0) is 16.0 Å². The molecule has 0 bridgehead atoms. The zero-order valence-corrected chi connectivity index (χ0v) is 19.5. The quantitative estimate of drug-likeness (QED) is 0.533. The Bertz CT molecular complexity index is 1200. The lowest BCUT2D eigenvalue weighted by molar-refractivity contribution is -0.120. The molecule has 1 aliphatic rings. The van der Waals surface area contributed by atoms with Crippen LogP contribution >= 0.6 is 15.9 Å². The summed E-state index contributed by atoms with van der Waals surface area (Å²) in [6.45, 7) is 3.90. The van der Waals surface area contributed by atoms with Gasteiger partial charge in [0.25, 0.3) is 0 Å². The summed E-state index contributed by atoms with van der Waals surface area (Å²) < 4.78 is 0.966. The van der Waals surface area contributed by atoms with Gasteiger partial charge in [-0.2, -0.15) is 0 Å². The molecule has 3 aromatic rings. The molecule has 0 saturated carbocycles. The number of fused-ring (bicyclic) bond motifs is 1. The molecule has 32 heavy (non-hydrogen) atoms. The number of benzene rings is 2. The first kappa shape index (κ1) is 21.9. The lowest BCUT2D eigenvalue weighted by Crippen LogP contribution is -2.39. The van der Waals surface area contributed by atoms with Crippen LogP contribution in [0.3, 0.4) is 0 Å². The second kappa shape index (κ2) is 9.44. The molecule has 7 heteroatoms. The van der Waals surface area contributed by atoms with E-state index in [2.05, 4.69) is 33.2 Å². The second-order valence-electron chi connectivity index (χ2n) is 7.62. The van der Waals surface area contributed by atoms with Crippen LogP contribution in [0.15, 0.2) is 70.3 Å². The number of hydrogen-bond acceptors (Lipinski definition) is 4. The number of nitrogens with one attached hydrogen (secondary N) is 1. The molecule has 0 fully saturated rings. The molecule has 2 heterocycles. The first-order chi connectivity index (χ1) is 15.4. The van der Waals surface area contributed by atoms with Gasteiger partial charge in [-0.3, -0.25) is 14.5 Å². The molecule has 0 spiro atoms. The Labute approximate surface area is 195 Å². The normalized spacial score (nSPS) is 13.3. The van der Waals surface area contributed by atoms with Gasteiger partial charge >= 0.3 is 0 Å². The van der Waals surface area contributed by atoms with Gasteiger partial charge in [0.05, 0.1) is 12.1 Å². The van der Waals surface area contributed by atoms with E-state index in [1.807, 2.05) is 55.5 Å². The van der Waals surface area contributed by atoms with Crippen LogP contribution in [0.25, 0.3) is 0 Å². The monoisotopic (exact) mass is 490 g/mol. The highest BCUT2D eigenvalue weighted by molar-refractivity contribution is 9.10. The number of aliphatic imine (C=N–C) groups is 1. The number of halogens is 1. The molecule has 4 rings (SSSR count). The molecule has 6 nitrogen and oxygen atoms in total. The van der Waals surface area contributed by atoms with Gasteiger partial charge in [-0.1, -0.05) is 47.1 Å². The number of amides is 2. The Hall–Kier alpha value is -3.32. The number of nitrogens with zero attached hydrogens (tertiary/aromatic N) is 3. The summed E-state index contributed by atoms with van der Waals surface area (Å²) in [5.74, 6) is -0.129. The fourth-order valence-electron chi connectivity index (χ4n) is 3.55. The lowest BCUT2D eigenvalue weighted by Gasteiger charge is -2.20. The third kappa shape index (κ3) is 4.78. The molecule has 1 aromatic heterocycles. The van der Waals surface area contributed by atoms with Crippen molar-refractivity contribution < 1.29 is 9.59 Å². The van der Waals surface area contributed by atoms with E-state index in [0.29, 0.717) is 22.9 Å². The Kier molecular flexibility index (Phi) is 6.46. The zero-order valence-electron chi connectivity index (χ0n) is 17.9. The zero-order chi connectivity index (χ0) is 22.7. The average Bonchev–Trinajstić information content (AvgIpc) is 2.93. The predicted molar refractivity (Wildman–Crippen MR) is 131 cm³/mol. The molecule has 1 N–H and O–H groups in total. The highest BCUT2D eigenvalue weighted by Crippen LogP contribution is 2.31. The number of pyridine rings is 1. The molecule has 162 valence electrons. The van der Waals surface area contributed by atoms with Crippen molar-refractivity contribution in [3.63, 3.8) is 0 Å². The number of rotatable bonds is 5. The van der Waals surface area contributed by atoms with E-state index in [-0.39, 0.29) is 24.8 Å². The van der Waals surface area contributed by atoms with Gasteiger partial charge in [-0.05, 0) is 60.4 Å². The minimum Gasteiger partial charge on any atom is -0.325 e. The van der Waals surface area contributed by atoms with Gasteiger partial charge in [0.1, 0.15) is 12.2 Å². The van der Waals surface area contributed by atoms with Crippen LogP contribution in [0.2, 0.25) is 0 Å². The Balaban J connectivity index is 1.59. The van der Waals surface area contributed by atoms with Crippen molar-refractivity contribution in [2.45, 2.75) is 26.7 Å².